The molecule has 2 aromatic rings. The minimum absolute atomic E-state index is 0.163. The van der Waals surface area contributed by atoms with E-state index < -0.39 is 5.41 Å². The number of likely N-dealkylation sites (tertiary alicyclic amines) is 1. The fourth-order valence-corrected chi connectivity index (χ4v) is 4.62. The van der Waals surface area contributed by atoms with E-state index in [0.717, 1.165) is 42.9 Å². The quantitative estimate of drug-likeness (QED) is 0.633. The molecule has 8 heteroatoms. The fraction of sp³-hybridized carbons (Fsp3) is 0.522. The Morgan fingerprint density at radius 1 is 1.35 bits per heavy atom. The van der Waals surface area contributed by atoms with E-state index in [9.17, 15) is 9.18 Å². The highest BCUT2D eigenvalue weighted by molar-refractivity contribution is 6.01. The number of esters is 1. The van der Waals surface area contributed by atoms with Gasteiger partial charge in [0.2, 0.25) is 0 Å². The Kier molecular flexibility index (Phi) is 6.36. The molecule has 7 nitrogen and oxygen atoms in total. The van der Waals surface area contributed by atoms with Crippen molar-refractivity contribution in [2.24, 2.45) is 17.6 Å². The van der Waals surface area contributed by atoms with E-state index in [2.05, 4.69) is 15.0 Å². The van der Waals surface area contributed by atoms with Crippen molar-refractivity contribution in [3.8, 4) is 0 Å². The number of carbonyl (C=O) groups is 1. The Balaban J connectivity index is 1.47. The van der Waals surface area contributed by atoms with E-state index >= 15 is 0 Å². The van der Waals surface area contributed by atoms with Crippen molar-refractivity contribution >= 4 is 11.7 Å². The maximum Gasteiger partial charge on any atom is 0.313 e. The molecule has 31 heavy (non-hydrogen) atoms. The predicted octanol–water partition coefficient (Wildman–Crippen LogP) is 3.29. The summed E-state index contributed by atoms with van der Waals surface area (Å²) in [6.45, 7) is 4.47. The molecule has 0 unspecified atom stereocenters. The lowest BCUT2D eigenvalue weighted by molar-refractivity contribution is -0.162. The van der Waals surface area contributed by atoms with E-state index in [1.807, 2.05) is 24.7 Å². The number of nitrogens with zero attached hydrogens (tertiary/aromatic N) is 4. The van der Waals surface area contributed by atoms with E-state index in [4.69, 9.17) is 9.57 Å². The van der Waals surface area contributed by atoms with Crippen LogP contribution in [0.25, 0.3) is 0 Å². The summed E-state index contributed by atoms with van der Waals surface area (Å²) < 4.78 is 20.7. The molecule has 166 valence electrons. The molecule has 1 aromatic heterocycles. The number of aryl methyl sites for hydroxylation is 1. The van der Waals surface area contributed by atoms with Gasteiger partial charge in [0.25, 0.3) is 0 Å². The lowest BCUT2D eigenvalue weighted by Crippen LogP contribution is -2.50. The summed E-state index contributed by atoms with van der Waals surface area (Å²) in [5, 5.41) is 4.23. The van der Waals surface area contributed by atoms with Crippen LogP contribution in [-0.2, 0) is 28.0 Å². The van der Waals surface area contributed by atoms with Gasteiger partial charge in [-0.25, -0.2) is 9.37 Å². The third-order valence-corrected chi connectivity index (χ3v) is 6.20. The first-order valence-electron chi connectivity index (χ1n) is 10.8. The number of oxime groups is 1. The van der Waals surface area contributed by atoms with Crippen LogP contribution in [0, 0.1) is 11.2 Å². The van der Waals surface area contributed by atoms with Crippen LogP contribution in [0.3, 0.4) is 0 Å². The summed E-state index contributed by atoms with van der Waals surface area (Å²) in [5.41, 5.74) is 2.10. The van der Waals surface area contributed by atoms with Crippen molar-refractivity contribution in [3.63, 3.8) is 0 Å². The highest BCUT2D eigenvalue weighted by Gasteiger charge is 2.46. The van der Waals surface area contributed by atoms with E-state index in [1.165, 1.54) is 12.1 Å². The summed E-state index contributed by atoms with van der Waals surface area (Å²) in [6.07, 6.45) is 6.26. The highest BCUT2D eigenvalue weighted by Crippen LogP contribution is 2.39. The maximum absolute atomic E-state index is 13.2. The second-order valence-corrected chi connectivity index (χ2v) is 8.49. The van der Waals surface area contributed by atoms with Gasteiger partial charge in [0.15, 0.2) is 0 Å². The Morgan fingerprint density at radius 3 is 2.87 bits per heavy atom. The van der Waals surface area contributed by atoms with Gasteiger partial charge in [0, 0.05) is 39.2 Å². The van der Waals surface area contributed by atoms with Gasteiger partial charge < -0.3 is 14.1 Å². The van der Waals surface area contributed by atoms with Gasteiger partial charge in [-0.15, -0.1) is 0 Å². The Morgan fingerprint density at radius 2 is 2.16 bits per heavy atom. The number of ether oxygens (including phenoxy) is 1. The SMILES string of the molecule is CCOC(=O)[C@]1(C[C@@H]2CC(c3ccc(F)cc3)=NO2)CCCN(Cc2cncn2C)C1. The predicted molar refractivity (Wildman–Crippen MR) is 114 cm³/mol. The number of hydrogen-bond donors (Lipinski definition) is 0. The molecule has 0 radical (unpaired) electrons. The average Bonchev–Trinajstić information content (AvgIpc) is 3.38. The highest BCUT2D eigenvalue weighted by atomic mass is 19.1. The van der Waals surface area contributed by atoms with Crippen molar-refractivity contribution in [2.75, 3.05) is 19.7 Å². The molecule has 4 rings (SSSR count). The van der Waals surface area contributed by atoms with Gasteiger partial charge in [-0.2, -0.15) is 0 Å². The van der Waals surface area contributed by atoms with Crippen molar-refractivity contribution in [1.82, 2.24) is 14.5 Å². The molecular formula is C23H29FN4O3. The van der Waals surface area contributed by atoms with Crippen LogP contribution in [0.5, 0.6) is 0 Å². The first-order chi connectivity index (χ1) is 15.0. The molecule has 1 aromatic carbocycles. The molecular weight excluding hydrogens is 399 g/mol. The Labute approximate surface area is 181 Å². The van der Waals surface area contributed by atoms with Crippen LogP contribution < -0.4 is 0 Å². The summed E-state index contributed by atoms with van der Waals surface area (Å²) in [6, 6.07) is 6.25. The van der Waals surface area contributed by atoms with Crippen LogP contribution in [0.15, 0.2) is 41.9 Å². The van der Waals surface area contributed by atoms with Gasteiger partial charge in [-0.3, -0.25) is 9.69 Å². The lowest BCUT2D eigenvalue weighted by atomic mass is 9.74. The van der Waals surface area contributed by atoms with E-state index in [0.29, 0.717) is 26.0 Å². The second kappa shape index (κ2) is 9.18. The van der Waals surface area contributed by atoms with Crippen molar-refractivity contribution in [3.05, 3.63) is 53.9 Å². The molecule has 2 aliphatic heterocycles. The number of hydrogen-bond acceptors (Lipinski definition) is 6. The van der Waals surface area contributed by atoms with Crippen molar-refractivity contribution in [1.29, 1.82) is 0 Å². The summed E-state index contributed by atoms with van der Waals surface area (Å²) in [5.74, 6) is -0.444. The standard InChI is InChI=1S/C23H29FN4O3/c1-3-30-22(29)23(9-4-10-28(15-23)14-19-13-25-16-27(19)2)12-20-11-21(26-31-20)17-5-7-18(24)8-6-17/h5-8,13,16,20H,3-4,9-12,14-15H2,1-2H3/t20-,23-/m0/s1. The van der Waals surface area contributed by atoms with E-state index in [1.54, 1.807) is 18.5 Å². The molecule has 1 saturated heterocycles. The number of rotatable bonds is 7. The van der Waals surface area contributed by atoms with Crippen LogP contribution in [0.4, 0.5) is 4.39 Å². The minimum Gasteiger partial charge on any atom is -0.466 e. The van der Waals surface area contributed by atoms with Crippen LogP contribution >= 0.6 is 0 Å². The second-order valence-electron chi connectivity index (χ2n) is 8.49. The van der Waals surface area contributed by atoms with Gasteiger partial charge in [-0.1, -0.05) is 17.3 Å². The number of halogens is 1. The number of carbonyl (C=O) groups excluding carboxylic acids is 1. The third-order valence-electron chi connectivity index (χ3n) is 6.20. The molecule has 2 aliphatic rings. The summed E-state index contributed by atoms with van der Waals surface area (Å²) in [7, 11) is 1.98. The fourth-order valence-electron chi connectivity index (χ4n) is 4.62. The Bertz CT molecular complexity index is 943. The molecule has 0 N–H and O–H groups in total. The van der Waals surface area contributed by atoms with Crippen LogP contribution in [0.2, 0.25) is 0 Å². The van der Waals surface area contributed by atoms with Gasteiger partial charge >= 0.3 is 5.97 Å². The van der Waals surface area contributed by atoms with Crippen molar-refractivity contribution < 1.29 is 18.8 Å². The Hall–Kier alpha value is -2.74. The first kappa shape index (κ1) is 21.5. The van der Waals surface area contributed by atoms with Crippen LogP contribution in [-0.4, -0.2) is 51.9 Å². The van der Waals surface area contributed by atoms with Gasteiger partial charge in [0.05, 0.1) is 29.8 Å². The largest absolute Gasteiger partial charge is 0.466 e. The van der Waals surface area contributed by atoms with Crippen LogP contribution in [0.1, 0.15) is 43.9 Å². The maximum atomic E-state index is 13.2. The van der Waals surface area contributed by atoms with E-state index in [-0.39, 0.29) is 17.9 Å². The first-order valence-corrected chi connectivity index (χ1v) is 10.8. The smallest absolute Gasteiger partial charge is 0.313 e. The molecule has 2 atom stereocenters. The van der Waals surface area contributed by atoms with Gasteiger partial charge in [-0.05, 0) is 44.0 Å². The number of imidazole rings is 1. The summed E-state index contributed by atoms with van der Waals surface area (Å²) in [4.78, 5) is 25.3. The normalized spacial score (nSPS) is 24.0. The summed E-state index contributed by atoms with van der Waals surface area (Å²) >= 11 is 0. The minimum atomic E-state index is -0.634. The monoisotopic (exact) mass is 428 g/mol. The molecule has 1 fully saturated rings. The molecule has 3 heterocycles. The molecule has 0 spiro atoms. The number of aromatic nitrogens is 2. The van der Waals surface area contributed by atoms with Gasteiger partial charge in [0.1, 0.15) is 11.9 Å². The molecule has 0 saturated carbocycles. The molecule has 0 amide bonds. The number of benzene rings is 1. The topological polar surface area (TPSA) is 69.0 Å². The average molecular weight is 429 g/mol. The van der Waals surface area contributed by atoms with Crippen molar-refractivity contribution in [2.45, 2.75) is 45.3 Å². The third kappa shape index (κ3) is 4.79. The lowest BCUT2D eigenvalue weighted by Gasteiger charge is -2.41. The zero-order valence-corrected chi connectivity index (χ0v) is 18.1. The number of piperidine rings is 1. The molecule has 0 aliphatic carbocycles. The molecule has 0 bridgehead atoms. The zero-order chi connectivity index (χ0) is 21.8. The zero-order valence-electron chi connectivity index (χ0n) is 18.1.